The average molecular weight is 316 g/mol. The van der Waals surface area contributed by atoms with Crippen LogP contribution in [0.5, 0.6) is 0 Å². The zero-order valence-electron chi connectivity index (χ0n) is 16.2. The normalized spacial score (nSPS) is 9.09. The molecule has 128 valence electrons. The minimum atomic E-state index is 1.03. The van der Waals surface area contributed by atoms with Gasteiger partial charge in [-0.25, -0.2) is 4.98 Å². The van der Waals surface area contributed by atoms with Crippen LogP contribution >= 0.6 is 0 Å². The van der Waals surface area contributed by atoms with Crippen LogP contribution in [-0.4, -0.2) is 19.2 Å². The van der Waals surface area contributed by atoms with E-state index in [0.717, 1.165) is 17.0 Å². The Morgan fingerprint density at radius 3 is 1.91 bits per heavy atom. The molecule has 0 saturated carbocycles. The van der Waals surface area contributed by atoms with Crippen molar-refractivity contribution in [1.29, 1.82) is 0 Å². The first-order valence-corrected chi connectivity index (χ1v) is 8.36. The molecule has 4 nitrogen and oxygen atoms in total. The van der Waals surface area contributed by atoms with Gasteiger partial charge in [0, 0.05) is 24.6 Å². The van der Waals surface area contributed by atoms with Crippen LogP contribution in [0.4, 0.5) is 0 Å². The lowest BCUT2D eigenvalue weighted by atomic mass is 10.4. The van der Waals surface area contributed by atoms with E-state index < -0.39 is 0 Å². The summed E-state index contributed by atoms with van der Waals surface area (Å²) in [4.78, 5) is 4.38. The molecule has 0 fully saturated rings. The monoisotopic (exact) mass is 316 g/mol. The number of hydrogen-bond donors (Lipinski definition) is 0. The first-order valence-electron chi connectivity index (χ1n) is 8.36. The zero-order valence-corrected chi connectivity index (χ0v) is 16.2. The maximum absolute atomic E-state index is 4.38. The van der Waals surface area contributed by atoms with Gasteiger partial charge in [0.2, 0.25) is 0 Å². The summed E-state index contributed by atoms with van der Waals surface area (Å²) in [5.74, 6) is 0. The number of imidazole rings is 1. The van der Waals surface area contributed by atoms with E-state index in [1.165, 1.54) is 11.4 Å². The number of rotatable bonds is 0. The molecule has 0 N–H and O–H groups in total. The molecular formula is C19H32N4. The summed E-state index contributed by atoms with van der Waals surface area (Å²) in [7, 11) is 1.95. The van der Waals surface area contributed by atoms with Gasteiger partial charge in [-0.1, -0.05) is 33.8 Å². The summed E-state index contributed by atoms with van der Waals surface area (Å²) in [5.41, 5.74) is 5.66. The molecule has 3 aromatic rings. The summed E-state index contributed by atoms with van der Waals surface area (Å²) in [6.45, 7) is 16.1. The van der Waals surface area contributed by atoms with Crippen molar-refractivity contribution in [3.05, 3.63) is 53.2 Å². The van der Waals surface area contributed by atoms with Crippen LogP contribution in [0.1, 0.15) is 50.5 Å². The Morgan fingerprint density at radius 2 is 1.52 bits per heavy atom. The van der Waals surface area contributed by atoms with Crippen molar-refractivity contribution in [2.24, 2.45) is 7.05 Å². The van der Waals surface area contributed by atoms with Crippen molar-refractivity contribution in [1.82, 2.24) is 19.2 Å². The van der Waals surface area contributed by atoms with Crippen molar-refractivity contribution in [3.8, 4) is 0 Å². The molecule has 0 aliphatic carbocycles. The fraction of sp³-hybridized carbons (Fsp3) is 0.474. The van der Waals surface area contributed by atoms with E-state index in [-0.39, 0.29) is 0 Å². The molecule has 4 heteroatoms. The van der Waals surface area contributed by atoms with Gasteiger partial charge in [0.1, 0.15) is 5.65 Å². The molecule has 0 aliphatic rings. The number of hydrogen-bond acceptors (Lipinski definition) is 2. The van der Waals surface area contributed by atoms with Gasteiger partial charge in [0.25, 0.3) is 0 Å². The predicted octanol–water partition coefficient (Wildman–Crippen LogP) is 5.04. The molecule has 0 aromatic carbocycles. The molecule has 0 atom stereocenters. The van der Waals surface area contributed by atoms with Gasteiger partial charge < -0.3 is 4.40 Å². The molecule has 23 heavy (non-hydrogen) atoms. The smallest absolute Gasteiger partial charge is 0.137 e. The Morgan fingerprint density at radius 1 is 0.913 bits per heavy atom. The van der Waals surface area contributed by atoms with Gasteiger partial charge in [-0.3, -0.25) is 4.68 Å². The lowest BCUT2D eigenvalue weighted by Gasteiger charge is -1.92. The molecule has 3 aromatic heterocycles. The largest absolute Gasteiger partial charge is 0.304 e. The summed E-state index contributed by atoms with van der Waals surface area (Å²) in [6, 6.07) is 8.09. The highest BCUT2D eigenvalue weighted by atomic mass is 15.3. The molecule has 3 heterocycles. The SMILES string of the molecule is CC.CC.Cc1cc(C)n(C)n1.Cc1nc2ccccn2c1C. The van der Waals surface area contributed by atoms with E-state index in [4.69, 9.17) is 0 Å². The van der Waals surface area contributed by atoms with Crippen molar-refractivity contribution >= 4 is 5.65 Å². The number of nitrogens with zero attached hydrogens (tertiary/aromatic N) is 4. The summed E-state index contributed by atoms with van der Waals surface area (Å²) >= 11 is 0. The van der Waals surface area contributed by atoms with E-state index in [1.54, 1.807) is 0 Å². The van der Waals surface area contributed by atoms with Crippen LogP contribution in [-0.2, 0) is 7.05 Å². The Bertz CT molecular complexity index is 673. The highest BCUT2D eigenvalue weighted by molar-refractivity contribution is 5.42. The van der Waals surface area contributed by atoms with E-state index in [0.29, 0.717) is 0 Å². The first kappa shape index (κ1) is 20.9. The van der Waals surface area contributed by atoms with Gasteiger partial charge in [-0.2, -0.15) is 5.10 Å². The Balaban J connectivity index is 0.000000358. The van der Waals surface area contributed by atoms with Crippen LogP contribution < -0.4 is 0 Å². The molecule has 0 saturated heterocycles. The second-order valence-corrected chi connectivity index (χ2v) is 4.76. The second-order valence-electron chi connectivity index (χ2n) is 4.76. The van der Waals surface area contributed by atoms with E-state index in [2.05, 4.69) is 27.5 Å². The van der Waals surface area contributed by atoms with Crippen molar-refractivity contribution in [2.45, 2.75) is 55.4 Å². The van der Waals surface area contributed by atoms with Gasteiger partial charge in [-0.05, 0) is 45.9 Å². The van der Waals surface area contributed by atoms with Crippen LogP contribution in [0.15, 0.2) is 30.5 Å². The van der Waals surface area contributed by atoms with E-state index >= 15 is 0 Å². The average Bonchev–Trinajstić information content (AvgIpc) is 3.03. The lowest BCUT2D eigenvalue weighted by molar-refractivity contribution is 0.731. The number of aryl methyl sites for hydroxylation is 5. The third-order valence-electron chi connectivity index (χ3n) is 3.24. The van der Waals surface area contributed by atoms with Gasteiger partial charge in [-0.15, -0.1) is 0 Å². The van der Waals surface area contributed by atoms with Crippen LogP contribution in [0, 0.1) is 27.7 Å². The minimum absolute atomic E-state index is 1.03. The van der Waals surface area contributed by atoms with Crippen molar-refractivity contribution in [3.63, 3.8) is 0 Å². The van der Waals surface area contributed by atoms with Crippen LogP contribution in [0.25, 0.3) is 5.65 Å². The first-order chi connectivity index (χ1) is 11.0. The Hall–Kier alpha value is -2.10. The zero-order chi connectivity index (χ0) is 18.0. The third-order valence-corrected chi connectivity index (χ3v) is 3.24. The number of fused-ring (bicyclic) bond motifs is 1. The highest BCUT2D eigenvalue weighted by Gasteiger charge is 2.00. The molecule has 0 spiro atoms. The van der Waals surface area contributed by atoms with Crippen LogP contribution in [0.3, 0.4) is 0 Å². The Labute approximate surface area is 141 Å². The fourth-order valence-electron chi connectivity index (χ4n) is 1.98. The second kappa shape index (κ2) is 10.6. The predicted molar refractivity (Wildman–Crippen MR) is 100 cm³/mol. The molecule has 3 rings (SSSR count). The van der Waals surface area contributed by atoms with Gasteiger partial charge >= 0.3 is 0 Å². The molecule has 0 bridgehead atoms. The van der Waals surface area contributed by atoms with Gasteiger partial charge in [0.15, 0.2) is 0 Å². The standard InChI is InChI=1S/C9H10N2.C6H10N2.2C2H6/c1-7-8(2)11-6-4-3-5-9(11)10-7;1-5-4-6(2)8(3)7-5;2*1-2/h3-6H,1-2H3;4H,1-3H3;2*1-2H3. The maximum Gasteiger partial charge on any atom is 0.137 e. The minimum Gasteiger partial charge on any atom is -0.304 e. The quantitative estimate of drug-likeness (QED) is 0.582. The molecular weight excluding hydrogens is 284 g/mol. The topological polar surface area (TPSA) is 35.1 Å². The molecule has 0 aliphatic heterocycles. The number of aromatic nitrogens is 4. The third kappa shape index (κ3) is 5.89. The van der Waals surface area contributed by atoms with Crippen molar-refractivity contribution in [2.75, 3.05) is 0 Å². The van der Waals surface area contributed by atoms with Gasteiger partial charge in [0.05, 0.1) is 11.4 Å². The Kier molecular flexibility index (Phi) is 9.63. The van der Waals surface area contributed by atoms with Crippen LogP contribution in [0.2, 0.25) is 0 Å². The van der Waals surface area contributed by atoms with E-state index in [1.807, 2.05) is 84.6 Å². The maximum atomic E-state index is 4.38. The lowest BCUT2D eigenvalue weighted by Crippen LogP contribution is -1.91. The summed E-state index contributed by atoms with van der Waals surface area (Å²) < 4.78 is 3.96. The summed E-state index contributed by atoms with van der Waals surface area (Å²) in [6.07, 6.45) is 2.03. The molecule has 0 unspecified atom stereocenters. The fourth-order valence-corrected chi connectivity index (χ4v) is 1.98. The molecule has 0 radical (unpaired) electrons. The summed E-state index contributed by atoms with van der Waals surface area (Å²) in [5, 5.41) is 4.13. The van der Waals surface area contributed by atoms with E-state index in [9.17, 15) is 0 Å². The molecule has 0 amide bonds. The number of pyridine rings is 1. The van der Waals surface area contributed by atoms with Crippen molar-refractivity contribution < 1.29 is 0 Å². The highest BCUT2D eigenvalue weighted by Crippen LogP contribution is 2.09.